The SMILES string of the molecule is CN1CCN(c2cc(-c3cccnc3)c3nc(-c4ccccc4F)cn3n2)CC1. The Morgan fingerprint density at radius 3 is 2.55 bits per heavy atom. The van der Waals surface area contributed by atoms with E-state index in [1.807, 2.05) is 24.4 Å². The molecule has 4 aromatic rings. The Morgan fingerprint density at radius 1 is 0.966 bits per heavy atom. The number of imidazole rings is 1. The van der Waals surface area contributed by atoms with Crippen molar-refractivity contribution in [2.24, 2.45) is 0 Å². The van der Waals surface area contributed by atoms with E-state index in [1.165, 1.54) is 6.07 Å². The second-order valence-electron chi connectivity index (χ2n) is 7.32. The lowest BCUT2D eigenvalue weighted by Gasteiger charge is -2.33. The summed E-state index contributed by atoms with van der Waals surface area (Å²) < 4.78 is 16.1. The van der Waals surface area contributed by atoms with Gasteiger partial charge in [0.15, 0.2) is 5.65 Å². The first-order valence-corrected chi connectivity index (χ1v) is 9.68. The largest absolute Gasteiger partial charge is 0.353 e. The van der Waals surface area contributed by atoms with Gasteiger partial charge in [0.2, 0.25) is 0 Å². The van der Waals surface area contributed by atoms with Crippen molar-refractivity contribution in [3.8, 4) is 22.4 Å². The van der Waals surface area contributed by atoms with Gasteiger partial charge in [-0.25, -0.2) is 13.9 Å². The van der Waals surface area contributed by atoms with Crippen molar-refractivity contribution in [3.63, 3.8) is 0 Å². The molecule has 0 aliphatic carbocycles. The molecule has 5 rings (SSSR count). The van der Waals surface area contributed by atoms with Crippen LogP contribution in [0, 0.1) is 5.82 Å². The van der Waals surface area contributed by atoms with Crippen molar-refractivity contribution < 1.29 is 4.39 Å². The zero-order valence-corrected chi connectivity index (χ0v) is 16.2. The molecule has 0 atom stereocenters. The summed E-state index contributed by atoms with van der Waals surface area (Å²) in [5.74, 6) is 0.597. The van der Waals surface area contributed by atoms with Crippen molar-refractivity contribution in [1.29, 1.82) is 0 Å². The van der Waals surface area contributed by atoms with E-state index >= 15 is 0 Å². The van der Waals surface area contributed by atoms with Crippen LogP contribution in [-0.4, -0.2) is 57.7 Å². The van der Waals surface area contributed by atoms with E-state index in [0.29, 0.717) is 16.9 Å². The van der Waals surface area contributed by atoms with Crippen LogP contribution in [0.5, 0.6) is 0 Å². The van der Waals surface area contributed by atoms with Crippen LogP contribution in [0.2, 0.25) is 0 Å². The molecule has 1 aromatic carbocycles. The van der Waals surface area contributed by atoms with Gasteiger partial charge in [0.05, 0.1) is 11.9 Å². The van der Waals surface area contributed by atoms with E-state index in [-0.39, 0.29) is 5.82 Å². The fourth-order valence-corrected chi connectivity index (χ4v) is 3.69. The zero-order valence-electron chi connectivity index (χ0n) is 16.2. The van der Waals surface area contributed by atoms with Crippen LogP contribution < -0.4 is 4.90 Å². The molecule has 146 valence electrons. The zero-order chi connectivity index (χ0) is 19.8. The van der Waals surface area contributed by atoms with Crippen LogP contribution in [0.15, 0.2) is 61.1 Å². The van der Waals surface area contributed by atoms with Gasteiger partial charge in [0.1, 0.15) is 11.6 Å². The highest BCUT2D eigenvalue weighted by Crippen LogP contribution is 2.30. The number of hydrogen-bond acceptors (Lipinski definition) is 5. The molecule has 0 amide bonds. The van der Waals surface area contributed by atoms with E-state index < -0.39 is 0 Å². The first-order chi connectivity index (χ1) is 14.2. The molecule has 4 heterocycles. The van der Waals surface area contributed by atoms with Crippen molar-refractivity contribution in [2.75, 3.05) is 38.1 Å². The number of nitrogens with zero attached hydrogens (tertiary/aromatic N) is 6. The summed E-state index contributed by atoms with van der Waals surface area (Å²) in [6, 6.07) is 12.7. The molecule has 0 saturated carbocycles. The first-order valence-electron chi connectivity index (χ1n) is 9.68. The lowest BCUT2D eigenvalue weighted by atomic mass is 10.1. The van der Waals surface area contributed by atoms with Gasteiger partial charge < -0.3 is 9.80 Å². The first kappa shape index (κ1) is 17.8. The Balaban J connectivity index is 1.68. The van der Waals surface area contributed by atoms with Gasteiger partial charge in [-0.3, -0.25) is 4.98 Å². The number of aromatic nitrogens is 4. The molecule has 6 nitrogen and oxygen atoms in total. The van der Waals surface area contributed by atoms with E-state index in [1.54, 1.807) is 29.0 Å². The highest BCUT2D eigenvalue weighted by molar-refractivity contribution is 5.81. The van der Waals surface area contributed by atoms with Gasteiger partial charge in [-0.1, -0.05) is 18.2 Å². The molecule has 0 spiro atoms. The Labute approximate surface area is 168 Å². The number of rotatable bonds is 3. The molecule has 1 aliphatic heterocycles. The standard InChI is InChI=1S/C22H21FN6/c1-27-9-11-28(12-10-27)21-13-18(16-5-4-8-24-14-16)22-25-20(15-29(22)26-21)17-6-2-3-7-19(17)23/h2-8,13-15H,9-12H2,1H3. The molecule has 29 heavy (non-hydrogen) atoms. The number of likely N-dealkylation sites (N-methyl/N-ethyl adjacent to an activating group) is 1. The maximum Gasteiger partial charge on any atom is 0.162 e. The summed E-state index contributed by atoms with van der Waals surface area (Å²) in [5.41, 5.74) is 3.62. The molecule has 0 unspecified atom stereocenters. The fraction of sp³-hybridized carbons (Fsp3) is 0.227. The number of benzene rings is 1. The van der Waals surface area contributed by atoms with E-state index in [9.17, 15) is 4.39 Å². The van der Waals surface area contributed by atoms with Gasteiger partial charge in [0, 0.05) is 55.3 Å². The summed E-state index contributed by atoms with van der Waals surface area (Å²) in [6.07, 6.45) is 5.37. The van der Waals surface area contributed by atoms with Gasteiger partial charge in [-0.15, -0.1) is 5.10 Å². The minimum Gasteiger partial charge on any atom is -0.353 e. The summed E-state index contributed by atoms with van der Waals surface area (Å²) >= 11 is 0. The van der Waals surface area contributed by atoms with Crippen LogP contribution in [0.4, 0.5) is 10.2 Å². The second-order valence-corrected chi connectivity index (χ2v) is 7.32. The van der Waals surface area contributed by atoms with Gasteiger partial charge >= 0.3 is 0 Å². The van der Waals surface area contributed by atoms with Crippen LogP contribution in [0.3, 0.4) is 0 Å². The van der Waals surface area contributed by atoms with Crippen LogP contribution >= 0.6 is 0 Å². The Kier molecular flexibility index (Phi) is 4.44. The van der Waals surface area contributed by atoms with Crippen LogP contribution in [0.25, 0.3) is 28.0 Å². The maximum atomic E-state index is 14.3. The molecule has 7 heteroatoms. The number of halogens is 1. The van der Waals surface area contributed by atoms with Crippen molar-refractivity contribution in [1.82, 2.24) is 24.5 Å². The number of hydrogen-bond donors (Lipinski definition) is 0. The lowest BCUT2D eigenvalue weighted by Crippen LogP contribution is -2.45. The molecular weight excluding hydrogens is 367 g/mol. The molecule has 1 saturated heterocycles. The van der Waals surface area contributed by atoms with Crippen molar-refractivity contribution in [2.45, 2.75) is 0 Å². The van der Waals surface area contributed by atoms with E-state index in [0.717, 1.165) is 43.1 Å². The number of anilines is 1. The third-order valence-corrected chi connectivity index (χ3v) is 5.36. The molecular formula is C22H21FN6. The smallest absolute Gasteiger partial charge is 0.162 e. The number of piperazine rings is 1. The van der Waals surface area contributed by atoms with Crippen molar-refractivity contribution in [3.05, 3.63) is 66.9 Å². The minimum absolute atomic E-state index is 0.293. The Morgan fingerprint density at radius 2 is 1.79 bits per heavy atom. The molecule has 0 bridgehead atoms. The van der Waals surface area contributed by atoms with Crippen molar-refractivity contribution >= 4 is 11.5 Å². The number of pyridine rings is 1. The summed E-state index contributed by atoms with van der Waals surface area (Å²) in [4.78, 5) is 13.6. The Hall–Kier alpha value is -3.32. The summed E-state index contributed by atoms with van der Waals surface area (Å²) in [6.45, 7) is 3.81. The second kappa shape index (κ2) is 7.25. The minimum atomic E-state index is -0.293. The summed E-state index contributed by atoms with van der Waals surface area (Å²) in [7, 11) is 2.13. The fourth-order valence-electron chi connectivity index (χ4n) is 3.69. The third-order valence-electron chi connectivity index (χ3n) is 5.36. The predicted octanol–water partition coefficient (Wildman–Crippen LogP) is 3.35. The number of fused-ring (bicyclic) bond motifs is 1. The predicted molar refractivity (Wildman–Crippen MR) is 111 cm³/mol. The third kappa shape index (κ3) is 3.34. The topological polar surface area (TPSA) is 49.6 Å². The molecule has 0 radical (unpaired) electrons. The lowest BCUT2D eigenvalue weighted by molar-refractivity contribution is 0.311. The molecule has 3 aromatic heterocycles. The van der Waals surface area contributed by atoms with Crippen LogP contribution in [0.1, 0.15) is 0 Å². The van der Waals surface area contributed by atoms with Gasteiger partial charge in [-0.05, 0) is 31.3 Å². The quantitative estimate of drug-likeness (QED) is 0.539. The van der Waals surface area contributed by atoms with Gasteiger partial charge in [-0.2, -0.15) is 0 Å². The average molecular weight is 388 g/mol. The molecule has 0 N–H and O–H groups in total. The van der Waals surface area contributed by atoms with E-state index in [4.69, 9.17) is 10.1 Å². The monoisotopic (exact) mass is 388 g/mol. The molecule has 1 fully saturated rings. The Bertz CT molecular complexity index is 1150. The maximum absolute atomic E-state index is 14.3. The van der Waals surface area contributed by atoms with Gasteiger partial charge in [0.25, 0.3) is 0 Å². The average Bonchev–Trinajstić information content (AvgIpc) is 3.18. The highest BCUT2D eigenvalue weighted by Gasteiger charge is 2.20. The highest BCUT2D eigenvalue weighted by atomic mass is 19.1. The van der Waals surface area contributed by atoms with E-state index in [2.05, 4.69) is 27.9 Å². The normalized spacial score (nSPS) is 15.2. The van der Waals surface area contributed by atoms with Crippen LogP contribution in [-0.2, 0) is 0 Å². The summed E-state index contributed by atoms with van der Waals surface area (Å²) in [5, 5.41) is 4.80. The molecule has 1 aliphatic rings.